The highest BCUT2D eigenvalue weighted by atomic mass is 16.5. The number of aromatic nitrogens is 1. The van der Waals surface area contributed by atoms with Crippen molar-refractivity contribution in [3.8, 4) is 5.75 Å². The molecule has 3 aromatic rings. The zero-order valence-corrected chi connectivity index (χ0v) is 11.3. The van der Waals surface area contributed by atoms with Gasteiger partial charge in [0.05, 0.1) is 0 Å². The van der Waals surface area contributed by atoms with Gasteiger partial charge in [-0.2, -0.15) is 0 Å². The lowest BCUT2D eigenvalue weighted by atomic mass is 10.1. The molecule has 0 spiro atoms. The quantitative estimate of drug-likeness (QED) is 0.734. The molecule has 1 aromatic heterocycles. The first-order valence-corrected chi connectivity index (χ1v) is 6.55. The van der Waals surface area contributed by atoms with Crippen LogP contribution in [0.2, 0.25) is 0 Å². The van der Waals surface area contributed by atoms with Gasteiger partial charge in [-0.05, 0) is 36.8 Å². The second kappa shape index (κ2) is 5.21. The van der Waals surface area contributed by atoms with E-state index in [9.17, 15) is 0 Å². The molecule has 0 saturated heterocycles. The molecule has 0 bridgehead atoms. The number of anilines is 1. The van der Waals surface area contributed by atoms with E-state index in [2.05, 4.69) is 30.1 Å². The molecule has 0 radical (unpaired) electrons. The van der Waals surface area contributed by atoms with Gasteiger partial charge in [0.2, 0.25) is 0 Å². The summed E-state index contributed by atoms with van der Waals surface area (Å²) in [6, 6.07) is 15.8. The molecule has 2 aromatic carbocycles. The summed E-state index contributed by atoms with van der Waals surface area (Å²) in [5, 5.41) is 0.925. The Labute approximate surface area is 118 Å². The van der Waals surface area contributed by atoms with Crippen LogP contribution in [0.5, 0.6) is 5.75 Å². The molecule has 3 rings (SSSR count). The van der Waals surface area contributed by atoms with Gasteiger partial charge in [-0.25, -0.2) is 0 Å². The Morgan fingerprint density at radius 1 is 1.10 bits per heavy atom. The molecule has 0 aliphatic rings. The van der Waals surface area contributed by atoms with Crippen molar-refractivity contribution in [2.45, 2.75) is 13.5 Å². The van der Waals surface area contributed by atoms with Gasteiger partial charge in [0.25, 0.3) is 0 Å². The van der Waals surface area contributed by atoms with Crippen LogP contribution in [0.4, 0.5) is 5.69 Å². The largest absolute Gasteiger partial charge is 0.487 e. The highest BCUT2D eigenvalue weighted by molar-refractivity contribution is 5.94. The number of nitrogens with two attached hydrogens (primary N) is 1. The molecule has 0 aliphatic heterocycles. The third-order valence-corrected chi connectivity index (χ3v) is 3.24. The zero-order valence-electron chi connectivity index (χ0n) is 11.3. The molecule has 20 heavy (non-hydrogen) atoms. The summed E-state index contributed by atoms with van der Waals surface area (Å²) in [5.74, 6) is 0.760. The van der Waals surface area contributed by atoms with Crippen molar-refractivity contribution in [3.05, 3.63) is 65.9 Å². The molecule has 1 heterocycles. The summed E-state index contributed by atoms with van der Waals surface area (Å²) in [6.07, 6.45) is 1.75. The van der Waals surface area contributed by atoms with Crippen molar-refractivity contribution in [2.75, 3.05) is 5.73 Å². The van der Waals surface area contributed by atoms with E-state index < -0.39 is 0 Å². The standard InChI is InChI=1S/C17H16N2O/c1-12-4-2-5-13(10-12)11-20-16-8-7-15(18)14-6-3-9-19-17(14)16/h2-10H,11,18H2,1H3. The monoisotopic (exact) mass is 264 g/mol. The lowest BCUT2D eigenvalue weighted by Gasteiger charge is -2.10. The fourth-order valence-electron chi connectivity index (χ4n) is 2.25. The predicted octanol–water partition coefficient (Wildman–Crippen LogP) is 3.70. The molecule has 0 atom stereocenters. The molecule has 0 aliphatic carbocycles. The Morgan fingerprint density at radius 2 is 2.00 bits per heavy atom. The fraction of sp³-hybridized carbons (Fsp3) is 0.118. The molecule has 0 amide bonds. The van der Waals surface area contributed by atoms with Crippen molar-refractivity contribution in [3.63, 3.8) is 0 Å². The number of aryl methyl sites for hydroxylation is 1. The van der Waals surface area contributed by atoms with E-state index in [0.29, 0.717) is 6.61 Å². The second-order valence-electron chi connectivity index (χ2n) is 4.83. The van der Waals surface area contributed by atoms with Gasteiger partial charge in [0.1, 0.15) is 17.9 Å². The van der Waals surface area contributed by atoms with Crippen LogP contribution in [0.3, 0.4) is 0 Å². The number of nitrogens with zero attached hydrogens (tertiary/aromatic N) is 1. The van der Waals surface area contributed by atoms with Crippen molar-refractivity contribution in [2.24, 2.45) is 0 Å². The molecule has 0 saturated carbocycles. The Hall–Kier alpha value is -2.55. The summed E-state index contributed by atoms with van der Waals surface area (Å²) >= 11 is 0. The van der Waals surface area contributed by atoms with Crippen LogP contribution in [0.25, 0.3) is 10.9 Å². The third kappa shape index (κ3) is 2.43. The summed E-state index contributed by atoms with van der Waals surface area (Å²) in [6.45, 7) is 2.60. The van der Waals surface area contributed by atoms with E-state index in [4.69, 9.17) is 10.5 Å². The van der Waals surface area contributed by atoms with Crippen molar-refractivity contribution in [1.29, 1.82) is 0 Å². The van der Waals surface area contributed by atoms with Gasteiger partial charge in [0, 0.05) is 17.3 Å². The smallest absolute Gasteiger partial charge is 0.146 e. The minimum Gasteiger partial charge on any atom is -0.487 e. The predicted molar refractivity (Wildman–Crippen MR) is 81.7 cm³/mol. The molecule has 3 nitrogen and oxygen atoms in total. The number of hydrogen-bond donors (Lipinski definition) is 1. The summed E-state index contributed by atoms with van der Waals surface area (Å²) in [5.41, 5.74) is 9.85. The Bertz CT molecular complexity index is 753. The van der Waals surface area contributed by atoms with Gasteiger partial charge in [0.15, 0.2) is 0 Å². The van der Waals surface area contributed by atoms with Crippen LogP contribution in [-0.4, -0.2) is 4.98 Å². The summed E-state index contributed by atoms with van der Waals surface area (Å²) in [4.78, 5) is 4.37. The number of benzene rings is 2. The van der Waals surface area contributed by atoms with Gasteiger partial charge < -0.3 is 10.5 Å². The van der Waals surface area contributed by atoms with E-state index in [-0.39, 0.29) is 0 Å². The molecule has 0 unspecified atom stereocenters. The normalized spacial score (nSPS) is 10.7. The number of rotatable bonds is 3. The van der Waals surface area contributed by atoms with E-state index in [1.54, 1.807) is 6.20 Å². The molecular formula is C17H16N2O. The topological polar surface area (TPSA) is 48.1 Å². The van der Waals surface area contributed by atoms with Crippen LogP contribution in [0.1, 0.15) is 11.1 Å². The lowest BCUT2D eigenvalue weighted by molar-refractivity contribution is 0.309. The zero-order chi connectivity index (χ0) is 13.9. The average Bonchev–Trinajstić information content (AvgIpc) is 2.47. The minimum atomic E-state index is 0.525. The first-order valence-electron chi connectivity index (χ1n) is 6.55. The van der Waals surface area contributed by atoms with E-state index in [1.165, 1.54) is 5.56 Å². The van der Waals surface area contributed by atoms with Crippen LogP contribution in [-0.2, 0) is 6.61 Å². The highest BCUT2D eigenvalue weighted by Crippen LogP contribution is 2.28. The SMILES string of the molecule is Cc1cccc(COc2ccc(N)c3cccnc23)c1. The first-order chi connectivity index (χ1) is 9.74. The van der Waals surface area contributed by atoms with Crippen LogP contribution >= 0.6 is 0 Å². The fourth-order valence-corrected chi connectivity index (χ4v) is 2.25. The number of pyridine rings is 1. The summed E-state index contributed by atoms with van der Waals surface area (Å²) < 4.78 is 5.90. The number of fused-ring (bicyclic) bond motifs is 1. The maximum atomic E-state index is 5.96. The number of nitrogen functional groups attached to an aromatic ring is 1. The first kappa shape index (κ1) is 12.5. The van der Waals surface area contributed by atoms with Gasteiger partial charge >= 0.3 is 0 Å². The molecular weight excluding hydrogens is 248 g/mol. The summed E-state index contributed by atoms with van der Waals surface area (Å²) in [7, 11) is 0. The van der Waals surface area contributed by atoms with Crippen molar-refractivity contribution in [1.82, 2.24) is 4.98 Å². The number of hydrogen-bond acceptors (Lipinski definition) is 3. The van der Waals surface area contributed by atoms with E-state index in [1.807, 2.05) is 30.3 Å². The van der Waals surface area contributed by atoms with E-state index in [0.717, 1.165) is 27.9 Å². The third-order valence-electron chi connectivity index (χ3n) is 3.24. The molecule has 0 fully saturated rings. The maximum absolute atomic E-state index is 5.96. The Morgan fingerprint density at radius 3 is 2.85 bits per heavy atom. The Balaban J connectivity index is 1.90. The average molecular weight is 264 g/mol. The van der Waals surface area contributed by atoms with Gasteiger partial charge in [-0.1, -0.05) is 29.8 Å². The van der Waals surface area contributed by atoms with Gasteiger partial charge in [-0.3, -0.25) is 4.98 Å². The van der Waals surface area contributed by atoms with Gasteiger partial charge in [-0.15, -0.1) is 0 Å². The second-order valence-corrected chi connectivity index (χ2v) is 4.83. The van der Waals surface area contributed by atoms with Crippen molar-refractivity contribution >= 4 is 16.6 Å². The van der Waals surface area contributed by atoms with Crippen molar-refractivity contribution < 1.29 is 4.74 Å². The molecule has 2 N–H and O–H groups in total. The number of ether oxygens (including phenoxy) is 1. The minimum absolute atomic E-state index is 0.525. The Kier molecular flexibility index (Phi) is 3.25. The van der Waals surface area contributed by atoms with E-state index >= 15 is 0 Å². The van der Waals surface area contributed by atoms with Crippen LogP contribution < -0.4 is 10.5 Å². The van der Waals surface area contributed by atoms with Crippen LogP contribution in [0.15, 0.2) is 54.7 Å². The highest BCUT2D eigenvalue weighted by Gasteiger charge is 2.06. The molecule has 3 heteroatoms. The maximum Gasteiger partial charge on any atom is 0.146 e. The lowest BCUT2D eigenvalue weighted by Crippen LogP contribution is -1.98. The van der Waals surface area contributed by atoms with Crippen LogP contribution in [0, 0.1) is 6.92 Å². The molecule has 100 valence electrons.